The number of aliphatic hydroxyl groups excluding tert-OH is 2. The molecule has 25 heteroatoms. The van der Waals surface area contributed by atoms with Gasteiger partial charge in [-0.15, -0.1) is 0 Å². The summed E-state index contributed by atoms with van der Waals surface area (Å²) in [6, 6.07) is 4.92. The molecule has 0 saturated carbocycles. The number of cyclic esters (lactones) is 1. The van der Waals surface area contributed by atoms with Crippen molar-refractivity contribution in [3.8, 4) is 80.1 Å². The number of rotatable bonds is 2. The van der Waals surface area contributed by atoms with E-state index in [1.165, 1.54) is 6.92 Å². The average Bonchev–Trinajstić information content (AvgIpc) is 3.28. The number of aliphatic hydroxyl groups is 2. The van der Waals surface area contributed by atoms with Crippen molar-refractivity contribution in [3.63, 3.8) is 0 Å². The molecule has 5 aromatic carbocycles. The number of esters is 3. The Balaban J connectivity index is 0.000000247. The summed E-state index contributed by atoms with van der Waals surface area (Å²) in [6.07, 6.45) is -9.95. The molecule has 68 heavy (non-hydrogen) atoms. The molecule has 1 fully saturated rings. The van der Waals surface area contributed by atoms with Gasteiger partial charge in [0.1, 0.15) is 30.3 Å². The molecule has 0 amide bonds. The van der Waals surface area contributed by atoms with Crippen LogP contribution in [0.2, 0.25) is 0 Å². The van der Waals surface area contributed by atoms with Gasteiger partial charge in [0.15, 0.2) is 57.9 Å². The molecule has 2 aromatic heterocycles. The molecule has 5 unspecified atom stereocenters. The molecule has 0 aliphatic carbocycles. The molecule has 5 atom stereocenters. The number of ether oxygens (including phenoxy) is 4. The Kier molecular flexibility index (Phi) is 11.5. The monoisotopic (exact) mass is 950 g/mol. The van der Waals surface area contributed by atoms with E-state index >= 15 is 0 Å². The molecular weight excluding hydrogens is 916 g/mol. The molecule has 356 valence electrons. The van der Waals surface area contributed by atoms with Gasteiger partial charge in [0, 0.05) is 27.5 Å². The Morgan fingerprint density at radius 1 is 0.574 bits per heavy atom. The van der Waals surface area contributed by atoms with Gasteiger partial charge in [-0.3, -0.25) is 0 Å². The summed E-state index contributed by atoms with van der Waals surface area (Å²) in [5.74, 6) is -15.2. The first kappa shape index (κ1) is 46.9. The molecule has 4 heterocycles. The van der Waals surface area contributed by atoms with Crippen molar-refractivity contribution in [2.75, 3.05) is 6.61 Å². The zero-order valence-corrected chi connectivity index (χ0v) is 33.3. The van der Waals surface area contributed by atoms with E-state index in [0.717, 1.165) is 24.3 Å². The Labute approximate surface area is 375 Å². The van der Waals surface area contributed by atoms with Crippen molar-refractivity contribution in [3.05, 3.63) is 79.5 Å². The molecule has 2 bridgehead atoms. The molecule has 7 aromatic rings. The van der Waals surface area contributed by atoms with E-state index in [1.807, 2.05) is 0 Å². The molecule has 14 N–H and O–H groups in total. The quantitative estimate of drug-likeness (QED) is 0.0388. The van der Waals surface area contributed by atoms with Gasteiger partial charge in [0.2, 0.25) is 29.3 Å². The van der Waals surface area contributed by atoms with Crippen molar-refractivity contribution in [2.24, 2.45) is 0 Å². The number of hydrogen-bond acceptors (Lipinski definition) is 25. The number of carbonyl (C=O) groups is 3. The maximum Gasteiger partial charge on any atom is 0.344 e. The summed E-state index contributed by atoms with van der Waals surface area (Å²) in [5, 5.41) is 142. The first-order valence-electron chi connectivity index (χ1n) is 18.8. The van der Waals surface area contributed by atoms with Crippen molar-refractivity contribution < 1.29 is 114 Å². The summed E-state index contributed by atoms with van der Waals surface area (Å²) in [4.78, 5) is 63.5. The van der Waals surface area contributed by atoms with Crippen LogP contribution in [0.25, 0.3) is 43.8 Å². The normalized spacial score (nSPS) is 19.0. The maximum atomic E-state index is 13.5. The predicted molar refractivity (Wildman–Crippen MR) is 223 cm³/mol. The van der Waals surface area contributed by atoms with Crippen LogP contribution in [0.4, 0.5) is 0 Å². The predicted octanol–water partition coefficient (Wildman–Crippen LogP) is 2.26. The van der Waals surface area contributed by atoms with Gasteiger partial charge in [-0.25, -0.2) is 24.0 Å². The lowest BCUT2D eigenvalue weighted by Crippen LogP contribution is -2.61. The number of benzene rings is 5. The molecular formula is C43H34O25. The van der Waals surface area contributed by atoms with Crippen LogP contribution in [0.1, 0.15) is 44.1 Å². The van der Waals surface area contributed by atoms with Crippen molar-refractivity contribution in [1.29, 1.82) is 0 Å². The van der Waals surface area contributed by atoms with Gasteiger partial charge in [-0.1, -0.05) is 7.43 Å². The number of phenolic OH excluding ortho intramolecular Hbond substituents is 12. The minimum absolute atomic E-state index is 0. The SMILES string of the molecule is C.Cc1c(O)cc(C(=O)OC2OC3COC(=O)c4cc(O)c(O)c(O)c4-c4c(cc(O)c(O)c4O)C(=O)OC(C3O)C2O)cc1O.O=c1oc2c(O)c(O)cc3c(=O)oc4c(O)c(O)cc1c4c23. The Morgan fingerprint density at radius 3 is 1.49 bits per heavy atom. The second-order valence-corrected chi connectivity index (χ2v) is 14.8. The summed E-state index contributed by atoms with van der Waals surface area (Å²) < 4.78 is 30.9. The van der Waals surface area contributed by atoms with Gasteiger partial charge in [0.25, 0.3) is 0 Å². The molecule has 2 aliphatic heterocycles. The minimum atomic E-state index is -2.17. The van der Waals surface area contributed by atoms with Crippen molar-refractivity contribution in [2.45, 2.75) is 45.1 Å². The van der Waals surface area contributed by atoms with Crippen LogP contribution in [0.15, 0.2) is 54.8 Å². The van der Waals surface area contributed by atoms with Crippen LogP contribution >= 0.6 is 0 Å². The van der Waals surface area contributed by atoms with E-state index in [9.17, 15) is 95.5 Å². The number of hydrogen-bond donors (Lipinski definition) is 14. The summed E-state index contributed by atoms with van der Waals surface area (Å²) in [5.41, 5.74) is -6.53. The van der Waals surface area contributed by atoms with Crippen LogP contribution in [0, 0.1) is 6.92 Å². The third-order valence-corrected chi connectivity index (χ3v) is 10.8. The van der Waals surface area contributed by atoms with Gasteiger partial charge >= 0.3 is 29.2 Å². The fourth-order valence-electron chi connectivity index (χ4n) is 7.37. The summed E-state index contributed by atoms with van der Waals surface area (Å²) >= 11 is 0. The van der Waals surface area contributed by atoms with Crippen molar-refractivity contribution in [1.82, 2.24) is 0 Å². The number of carbonyl (C=O) groups excluding carboxylic acids is 3. The van der Waals surface area contributed by atoms with E-state index in [4.69, 9.17) is 27.8 Å². The minimum Gasteiger partial charge on any atom is -0.508 e. The smallest absolute Gasteiger partial charge is 0.344 e. The van der Waals surface area contributed by atoms with Gasteiger partial charge in [-0.2, -0.15) is 0 Å². The first-order valence-corrected chi connectivity index (χ1v) is 18.8. The zero-order valence-electron chi connectivity index (χ0n) is 33.3. The van der Waals surface area contributed by atoms with Crippen molar-refractivity contribution >= 4 is 50.6 Å². The molecule has 0 radical (unpaired) electrons. The van der Waals surface area contributed by atoms with E-state index in [0.29, 0.717) is 12.1 Å². The topological polar surface area (TPSA) is 432 Å². The fourth-order valence-corrected chi connectivity index (χ4v) is 7.37. The summed E-state index contributed by atoms with van der Waals surface area (Å²) in [6.45, 7) is 0.445. The third-order valence-electron chi connectivity index (χ3n) is 10.8. The van der Waals surface area contributed by atoms with Gasteiger partial charge < -0.3 is 99.3 Å². The highest BCUT2D eigenvalue weighted by atomic mass is 16.7. The largest absolute Gasteiger partial charge is 0.508 e. The molecule has 0 spiro atoms. The van der Waals surface area contributed by atoms with Crippen LogP contribution in [-0.4, -0.2) is 127 Å². The van der Waals surface area contributed by atoms with E-state index < -0.39 is 174 Å². The lowest BCUT2D eigenvalue weighted by Gasteiger charge is -2.41. The zero-order chi connectivity index (χ0) is 48.8. The Morgan fingerprint density at radius 2 is 1.01 bits per heavy atom. The lowest BCUT2D eigenvalue weighted by molar-refractivity contribution is -0.284. The Hall–Kier alpha value is -9.07. The van der Waals surface area contributed by atoms with Crippen LogP contribution in [0.3, 0.4) is 0 Å². The van der Waals surface area contributed by atoms with Crippen LogP contribution in [-0.2, 0) is 18.9 Å². The number of fused-ring (bicyclic) bond motifs is 5. The van der Waals surface area contributed by atoms with Gasteiger partial charge in [-0.05, 0) is 43.3 Å². The lowest BCUT2D eigenvalue weighted by atomic mass is 9.91. The first-order chi connectivity index (χ1) is 31.5. The van der Waals surface area contributed by atoms with E-state index in [1.54, 1.807) is 0 Å². The highest BCUT2D eigenvalue weighted by Crippen LogP contribution is 2.53. The number of phenols is 12. The number of aromatic hydroxyl groups is 12. The average molecular weight is 951 g/mol. The van der Waals surface area contributed by atoms with E-state index in [-0.39, 0.29) is 34.5 Å². The maximum absolute atomic E-state index is 13.5. The molecule has 25 nitrogen and oxygen atoms in total. The van der Waals surface area contributed by atoms with Crippen LogP contribution < -0.4 is 11.3 Å². The highest BCUT2D eigenvalue weighted by molar-refractivity contribution is 6.22. The molecule has 9 rings (SSSR count). The Bertz CT molecular complexity index is 3270. The van der Waals surface area contributed by atoms with Gasteiger partial charge in [0.05, 0.1) is 27.5 Å². The van der Waals surface area contributed by atoms with E-state index in [2.05, 4.69) is 0 Å². The van der Waals surface area contributed by atoms with Crippen LogP contribution in [0.5, 0.6) is 69.0 Å². The second-order valence-electron chi connectivity index (χ2n) is 14.8. The molecule has 2 aliphatic rings. The summed E-state index contributed by atoms with van der Waals surface area (Å²) in [7, 11) is 0. The fraction of sp³-hybridized carbons (Fsp3) is 0.186. The molecule has 1 saturated heterocycles. The highest BCUT2D eigenvalue weighted by Gasteiger charge is 2.50. The standard InChI is InChI=1S/C28H24O17.C14H6O8.CH4/c1-7-11(29)2-8(3-12(7)30)25(39)45-28-23(38)24-20(35)15(43-28)6-42-26(40)9-4-13(31)18(33)21(36)16(9)17-10(27(41)44-24)5-14(32)19(34)22(17)37;15-5-1-3-7-8-4(14(20)22-11(7)9(5)17)2-6(16)10(18)12(8)21-13(3)19;/h2-5,15,20,23-24,28-38H,6H2,1H3;1-2,15-18H;1H4. The third kappa shape index (κ3) is 7.32. The second kappa shape index (κ2) is 16.7.